The summed E-state index contributed by atoms with van der Waals surface area (Å²) in [5.41, 5.74) is 1.95. The van der Waals surface area contributed by atoms with Crippen LogP contribution in [0.5, 0.6) is 0 Å². The van der Waals surface area contributed by atoms with Gasteiger partial charge in [0.2, 0.25) is 0 Å². The zero-order valence-electron chi connectivity index (χ0n) is 7.50. The molecule has 2 nitrogen and oxygen atoms in total. The third kappa shape index (κ3) is 1.16. The lowest BCUT2D eigenvalue weighted by Crippen LogP contribution is -2.13. The zero-order chi connectivity index (χ0) is 9.59. The molecule has 1 aliphatic rings. The first-order valence-electron chi connectivity index (χ1n) is 4.01. The van der Waals surface area contributed by atoms with Crippen LogP contribution >= 0.6 is 0 Å². The van der Waals surface area contributed by atoms with E-state index in [9.17, 15) is 8.60 Å². The second-order valence-corrected chi connectivity index (χ2v) is 4.64. The molecule has 0 radical (unpaired) electrons. The zero-order valence-corrected chi connectivity index (χ0v) is 8.32. The van der Waals surface area contributed by atoms with E-state index in [1.54, 1.807) is 24.3 Å². The van der Waals surface area contributed by atoms with Crippen molar-refractivity contribution in [2.45, 2.75) is 12.7 Å². The van der Waals surface area contributed by atoms with Gasteiger partial charge in [-0.1, -0.05) is 6.07 Å². The quantitative estimate of drug-likeness (QED) is 0.623. The van der Waals surface area contributed by atoms with Gasteiger partial charge in [-0.05, 0) is 18.6 Å². The molecule has 0 aliphatic carbocycles. The Morgan fingerprint density at radius 2 is 2.23 bits per heavy atom. The minimum absolute atomic E-state index is 0.213. The molecule has 70 valence electrons. The molecule has 0 saturated carbocycles. The van der Waals surface area contributed by atoms with E-state index in [1.807, 2.05) is 6.07 Å². The average molecular weight is 199 g/mol. The van der Waals surface area contributed by atoms with E-state index in [4.69, 9.17) is 0 Å². The first-order chi connectivity index (χ1) is 6.11. The Bertz CT molecular complexity index is 391. The summed E-state index contributed by atoms with van der Waals surface area (Å²) in [6, 6.07) is 3.53. The molecule has 0 amide bonds. The summed E-state index contributed by atoms with van der Waals surface area (Å²) < 4.78 is 26.5. The number of rotatable bonds is 0. The highest BCUT2D eigenvalue weighted by Crippen LogP contribution is 2.32. The van der Waals surface area contributed by atoms with Gasteiger partial charge in [0.25, 0.3) is 0 Å². The van der Waals surface area contributed by atoms with Crippen molar-refractivity contribution in [2.75, 3.05) is 11.4 Å². The molecule has 4 heteroatoms. The van der Waals surface area contributed by atoms with Gasteiger partial charge in [-0.25, -0.2) is 8.60 Å². The maximum atomic E-state index is 13.5. The van der Waals surface area contributed by atoms with Crippen LogP contribution in [0.2, 0.25) is 0 Å². The number of halogens is 1. The fraction of sp³-hybridized carbons (Fsp3) is 0.333. The smallest absolute Gasteiger partial charge is 0.132 e. The molecule has 0 saturated heterocycles. The van der Waals surface area contributed by atoms with Crippen molar-refractivity contribution < 1.29 is 8.60 Å². The van der Waals surface area contributed by atoms with Crippen LogP contribution in [0.4, 0.5) is 10.1 Å². The van der Waals surface area contributed by atoms with E-state index in [0.29, 0.717) is 16.9 Å². The van der Waals surface area contributed by atoms with Gasteiger partial charge in [0.05, 0.1) is 11.4 Å². The van der Waals surface area contributed by atoms with Gasteiger partial charge in [0.15, 0.2) is 0 Å². The van der Waals surface area contributed by atoms with Crippen LogP contribution in [0.3, 0.4) is 0 Å². The lowest BCUT2D eigenvalue weighted by atomic mass is 10.1. The predicted octanol–water partition coefficient (Wildman–Crippen LogP) is 1.75. The second-order valence-electron chi connectivity index (χ2n) is 3.16. The Kier molecular flexibility index (Phi) is 1.87. The highest BCUT2D eigenvalue weighted by Gasteiger charge is 2.26. The largest absolute Gasteiger partial charge is 0.294 e. The molecule has 0 fully saturated rings. The van der Waals surface area contributed by atoms with Crippen molar-refractivity contribution in [1.82, 2.24) is 0 Å². The van der Waals surface area contributed by atoms with Crippen LogP contribution in [0, 0.1) is 12.7 Å². The lowest BCUT2D eigenvalue weighted by Gasteiger charge is -2.10. The summed E-state index contributed by atoms with van der Waals surface area (Å²) >= 11 is 0. The summed E-state index contributed by atoms with van der Waals surface area (Å²) in [6.45, 7) is 1.72. The fourth-order valence-corrected chi connectivity index (χ4v) is 2.60. The molecule has 1 aromatic carbocycles. The highest BCUT2D eigenvalue weighted by atomic mass is 32.2. The average Bonchev–Trinajstić information content (AvgIpc) is 2.38. The molecule has 1 aliphatic heterocycles. The summed E-state index contributed by atoms with van der Waals surface area (Å²) in [5, 5.41) is 0. The predicted molar refractivity (Wildman–Crippen MR) is 51.4 cm³/mol. The summed E-state index contributed by atoms with van der Waals surface area (Å²) in [7, 11) is 0.630. The number of hydrogen-bond donors (Lipinski definition) is 0. The van der Waals surface area contributed by atoms with E-state index >= 15 is 0 Å². The number of aryl methyl sites for hydroxylation is 1. The van der Waals surface area contributed by atoms with E-state index in [1.165, 1.54) is 0 Å². The Morgan fingerprint density at radius 1 is 1.54 bits per heavy atom. The van der Waals surface area contributed by atoms with Crippen molar-refractivity contribution in [3.8, 4) is 0 Å². The summed E-state index contributed by atoms with van der Waals surface area (Å²) in [4.78, 5) is 0. The van der Waals surface area contributed by atoms with Gasteiger partial charge in [0, 0.05) is 12.6 Å². The molecule has 1 heterocycles. The molecule has 0 spiro atoms. The van der Waals surface area contributed by atoms with Crippen LogP contribution in [0.25, 0.3) is 0 Å². The highest BCUT2D eigenvalue weighted by molar-refractivity contribution is 7.86. The molecule has 13 heavy (non-hydrogen) atoms. The van der Waals surface area contributed by atoms with Crippen molar-refractivity contribution in [2.24, 2.45) is 0 Å². The van der Waals surface area contributed by atoms with Crippen molar-refractivity contribution >= 4 is 16.7 Å². The minimum Gasteiger partial charge on any atom is -0.294 e. The van der Waals surface area contributed by atoms with Crippen molar-refractivity contribution in [3.05, 3.63) is 29.1 Å². The number of nitrogens with zero attached hydrogens (tertiary/aromatic N) is 1. The van der Waals surface area contributed by atoms with Gasteiger partial charge in [-0.15, -0.1) is 0 Å². The Hall–Kier alpha value is -0.900. The Balaban J connectivity index is 2.64. The van der Waals surface area contributed by atoms with Crippen molar-refractivity contribution in [3.63, 3.8) is 0 Å². The third-order valence-electron chi connectivity index (χ3n) is 2.32. The number of benzene rings is 1. The number of hydrogen-bond acceptors (Lipinski definition) is 1. The van der Waals surface area contributed by atoms with E-state index < -0.39 is 11.0 Å². The van der Waals surface area contributed by atoms with Crippen LogP contribution in [-0.4, -0.2) is 11.3 Å². The fourth-order valence-electron chi connectivity index (χ4n) is 1.49. The van der Waals surface area contributed by atoms with Crippen LogP contribution in [0.15, 0.2) is 12.1 Å². The lowest BCUT2D eigenvalue weighted by molar-refractivity contribution is 0.608. The van der Waals surface area contributed by atoms with Gasteiger partial charge in [-0.2, -0.15) is 0 Å². The van der Waals surface area contributed by atoms with Crippen LogP contribution in [-0.2, 0) is 16.7 Å². The molecule has 0 aromatic heterocycles. The molecule has 1 atom stereocenters. The summed E-state index contributed by atoms with van der Waals surface area (Å²) in [5.74, 6) is 0.0921. The first-order valence-corrected chi connectivity index (χ1v) is 5.29. The van der Waals surface area contributed by atoms with Gasteiger partial charge < -0.3 is 0 Å². The standard InChI is InChI=1S/C9H10FNOS/c1-6-3-4-8-7(9(6)10)5-13(12)11(8)2/h3-4H,5H2,1-2H3. The third-order valence-corrected chi connectivity index (χ3v) is 3.67. The molecule has 0 N–H and O–H groups in total. The molecule has 1 aromatic rings. The monoisotopic (exact) mass is 199 g/mol. The van der Waals surface area contributed by atoms with E-state index in [0.717, 1.165) is 5.69 Å². The number of fused-ring (bicyclic) bond motifs is 1. The van der Waals surface area contributed by atoms with Gasteiger partial charge in [0.1, 0.15) is 16.8 Å². The summed E-state index contributed by atoms with van der Waals surface area (Å²) in [6.07, 6.45) is 0. The minimum atomic E-state index is -1.09. The number of anilines is 1. The maximum absolute atomic E-state index is 13.5. The molecule has 2 rings (SSSR count). The normalized spacial score (nSPS) is 20.5. The SMILES string of the molecule is Cc1ccc2c(c1F)CS(=O)N2C. The molecular weight excluding hydrogens is 189 g/mol. The first kappa shape index (κ1) is 8.69. The van der Waals surface area contributed by atoms with E-state index in [-0.39, 0.29) is 5.82 Å². The topological polar surface area (TPSA) is 20.3 Å². The Morgan fingerprint density at radius 3 is 2.92 bits per heavy atom. The molecular formula is C9H10FNOS. The van der Waals surface area contributed by atoms with E-state index in [2.05, 4.69) is 0 Å². The van der Waals surface area contributed by atoms with Gasteiger partial charge >= 0.3 is 0 Å². The van der Waals surface area contributed by atoms with Gasteiger partial charge in [-0.3, -0.25) is 4.31 Å². The molecule has 0 bridgehead atoms. The maximum Gasteiger partial charge on any atom is 0.132 e. The van der Waals surface area contributed by atoms with Crippen molar-refractivity contribution in [1.29, 1.82) is 0 Å². The van der Waals surface area contributed by atoms with Crippen LogP contribution < -0.4 is 4.31 Å². The molecule has 1 unspecified atom stereocenters. The van der Waals surface area contributed by atoms with Crippen LogP contribution in [0.1, 0.15) is 11.1 Å². The second kappa shape index (κ2) is 2.80. The Labute approximate surface area is 79.0 Å².